The molecule has 2 rings (SSSR count). The van der Waals surface area contributed by atoms with Crippen molar-refractivity contribution in [3.05, 3.63) is 47.5 Å². The zero-order valence-corrected chi connectivity index (χ0v) is 11.7. The quantitative estimate of drug-likeness (QED) is 0.769. The van der Waals surface area contributed by atoms with Crippen LogP contribution in [0.4, 0.5) is 0 Å². The van der Waals surface area contributed by atoms with Crippen molar-refractivity contribution < 1.29 is 9.53 Å². The fraction of sp³-hybridized carbons (Fsp3) is 0.286. The van der Waals surface area contributed by atoms with E-state index in [2.05, 4.69) is 15.3 Å². The Morgan fingerprint density at radius 2 is 2.25 bits per heavy atom. The zero-order valence-electron chi connectivity index (χ0n) is 10.9. The van der Waals surface area contributed by atoms with Crippen molar-refractivity contribution >= 4 is 17.5 Å². The second-order valence-electron chi connectivity index (χ2n) is 4.21. The first-order valence-electron chi connectivity index (χ1n) is 6.38. The van der Waals surface area contributed by atoms with Crippen molar-refractivity contribution in [1.82, 2.24) is 15.3 Å². The van der Waals surface area contributed by atoms with Gasteiger partial charge in [0, 0.05) is 25.4 Å². The molecule has 2 N–H and O–H groups in total. The molecule has 2 aromatic rings. The molecule has 0 aliphatic rings. The number of aromatic amines is 1. The highest BCUT2D eigenvalue weighted by atomic mass is 35.5. The van der Waals surface area contributed by atoms with Crippen LogP contribution in [0.25, 0.3) is 0 Å². The molecule has 1 aromatic carbocycles. The maximum Gasteiger partial charge on any atom is 0.257 e. The minimum absolute atomic E-state index is 0.0372. The van der Waals surface area contributed by atoms with Crippen LogP contribution in [0.3, 0.4) is 0 Å². The fourth-order valence-electron chi connectivity index (χ4n) is 1.67. The Kier molecular flexibility index (Phi) is 5.43. The lowest BCUT2D eigenvalue weighted by Crippen LogP contribution is -2.30. The van der Waals surface area contributed by atoms with Crippen LogP contribution in [-0.2, 0) is 11.2 Å². The summed E-state index contributed by atoms with van der Waals surface area (Å²) < 4.78 is 5.34. The number of hydrogen-bond donors (Lipinski definition) is 2. The molecule has 1 aromatic heterocycles. The maximum atomic E-state index is 11.6. The van der Waals surface area contributed by atoms with Gasteiger partial charge < -0.3 is 15.0 Å². The van der Waals surface area contributed by atoms with Gasteiger partial charge in [0.05, 0.1) is 5.02 Å². The number of hydrogen-bond acceptors (Lipinski definition) is 3. The molecule has 0 fully saturated rings. The van der Waals surface area contributed by atoms with Gasteiger partial charge in [-0.25, -0.2) is 4.98 Å². The standard InChI is InChI=1S/C14H16ClN3O2/c15-11-4-1-2-5-12(11)20-10-14(19)18-7-3-6-13-16-8-9-17-13/h1-2,4-5,8-9H,3,6-7,10H2,(H,16,17)(H,18,19). The van der Waals surface area contributed by atoms with Crippen molar-refractivity contribution in [2.75, 3.05) is 13.2 Å². The molecule has 0 aliphatic carbocycles. The predicted octanol–water partition coefficient (Wildman–Crippen LogP) is 2.19. The van der Waals surface area contributed by atoms with Gasteiger partial charge in [-0.3, -0.25) is 4.79 Å². The van der Waals surface area contributed by atoms with Gasteiger partial charge in [-0.1, -0.05) is 23.7 Å². The van der Waals surface area contributed by atoms with Crippen LogP contribution in [0.5, 0.6) is 5.75 Å². The number of rotatable bonds is 7. The van der Waals surface area contributed by atoms with Gasteiger partial charge in [0.25, 0.3) is 5.91 Å². The van der Waals surface area contributed by atoms with E-state index in [1.165, 1.54) is 0 Å². The zero-order chi connectivity index (χ0) is 14.2. The summed E-state index contributed by atoms with van der Waals surface area (Å²) in [5.74, 6) is 1.27. The van der Waals surface area contributed by atoms with Crippen molar-refractivity contribution in [1.29, 1.82) is 0 Å². The Balaban J connectivity index is 1.62. The summed E-state index contributed by atoms with van der Waals surface area (Å²) in [6.45, 7) is 0.551. The molecule has 5 nitrogen and oxygen atoms in total. The van der Waals surface area contributed by atoms with Crippen LogP contribution < -0.4 is 10.1 Å². The number of carbonyl (C=O) groups is 1. The lowest BCUT2D eigenvalue weighted by molar-refractivity contribution is -0.123. The summed E-state index contributed by atoms with van der Waals surface area (Å²) in [5, 5.41) is 3.28. The Morgan fingerprint density at radius 3 is 3.00 bits per heavy atom. The van der Waals surface area contributed by atoms with Gasteiger partial charge >= 0.3 is 0 Å². The molecule has 0 bridgehead atoms. The smallest absolute Gasteiger partial charge is 0.257 e. The minimum atomic E-state index is -0.163. The Bertz CT molecular complexity index is 543. The fourth-order valence-corrected chi connectivity index (χ4v) is 1.86. The first-order chi connectivity index (χ1) is 9.75. The number of benzene rings is 1. The number of para-hydroxylation sites is 1. The van der Waals surface area contributed by atoms with Crippen molar-refractivity contribution in [3.63, 3.8) is 0 Å². The van der Waals surface area contributed by atoms with E-state index in [1.807, 2.05) is 12.1 Å². The lowest BCUT2D eigenvalue weighted by Gasteiger charge is -2.08. The molecule has 0 atom stereocenters. The summed E-state index contributed by atoms with van der Waals surface area (Å²) in [4.78, 5) is 18.7. The second-order valence-corrected chi connectivity index (χ2v) is 4.62. The first-order valence-corrected chi connectivity index (χ1v) is 6.76. The maximum absolute atomic E-state index is 11.6. The van der Waals surface area contributed by atoms with E-state index in [1.54, 1.807) is 24.5 Å². The second kappa shape index (κ2) is 7.55. The third-order valence-electron chi connectivity index (χ3n) is 2.66. The SMILES string of the molecule is O=C(COc1ccccc1Cl)NCCCc1ncc[nH]1. The number of ether oxygens (including phenoxy) is 1. The molecule has 6 heteroatoms. The van der Waals surface area contributed by atoms with Crippen LogP contribution in [0, 0.1) is 0 Å². The molecule has 0 unspecified atom stereocenters. The topological polar surface area (TPSA) is 67.0 Å². The van der Waals surface area contributed by atoms with Crippen LogP contribution in [-0.4, -0.2) is 29.0 Å². The van der Waals surface area contributed by atoms with Gasteiger partial charge in [-0.05, 0) is 18.6 Å². The summed E-state index contributed by atoms with van der Waals surface area (Å²) in [6, 6.07) is 7.07. The first kappa shape index (κ1) is 14.4. The number of nitrogens with zero attached hydrogens (tertiary/aromatic N) is 1. The van der Waals surface area contributed by atoms with Crippen LogP contribution in [0.1, 0.15) is 12.2 Å². The van der Waals surface area contributed by atoms with E-state index < -0.39 is 0 Å². The van der Waals surface area contributed by atoms with Crippen LogP contribution >= 0.6 is 11.6 Å². The van der Waals surface area contributed by atoms with Gasteiger partial charge in [0.15, 0.2) is 6.61 Å². The van der Waals surface area contributed by atoms with E-state index in [0.29, 0.717) is 17.3 Å². The van der Waals surface area contributed by atoms with Crippen LogP contribution in [0.15, 0.2) is 36.7 Å². The van der Waals surface area contributed by atoms with Gasteiger partial charge in [0.2, 0.25) is 0 Å². The normalized spacial score (nSPS) is 10.2. The molecule has 1 heterocycles. The van der Waals surface area contributed by atoms with Crippen LogP contribution in [0.2, 0.25) is 5.02 Å². The highest BCUT2D eigenvalue weighted by Crippen LogP contribution is 2.22. The Morgan fingerprint density at radius 1 is 1.40 bits per heavy atom. The van der Waals surface area contributed by atoms with E-state index >= 15 is 0 Å². The molecular formula is C14H16ClN3O2. The Labute approximate surface area is 122 Å². The number of aromatic nitrogens is 2. The number of aryl methyl sites for hydroxylation is 1. The molecule has 106 valence electrons. The average Bonchev–Trinajstić information content (AvgIpc) is 2.96. The highest BCUT2D eigenvalue weighted by molar-refractivity contribution is 6.32. The molecular weight excluding hydrogens is 278 g/mol. The van der Waals surface area contributed by atoms with E-state index in [9.17, 15) is 4.79 Å². The number of amides is 1. The van der Waals surface area contributed by atoms with Crippen molar-refractivity contribution in [3.8, 4) is 5.75 Å². The predicted molar refractivity (Wildman–Crippen MR) is 76.9 cm³/mol. The van der Waals surface area contributed by atoms with Gasteiger partial charge in [0.1, 0.15) is 11.6 Å². The van der Waals surface area contributed by atoms with Gasteiger partial charge in [-0.2, -0.15) is 0 Å². The summed E-state index contributed by atoms with van der Waals surface area (Å²) in [6.07, 6.45) is 5.13. The number of H-pyrrole nitrogens is 1. The third-order valence-corrected chi connectivity index (χ3v) is 2.98. The molecule has 0 saturated heterocycles. The van der Waals surface area contributed by atoms with E-state index in [0.717, 1.165) is 18.7 Å². The third kappa shape index (κ3) is 4.59. The molecule has 0 spiro atoms. The molecule has 0 saturated carbocycles. The Hall–Kier alpha value is -2.01. The molecule has 0 aliphatic heterocycles. The lowest BCUT2D eigenvalue weighted by atomic mass is 10.3. The van der Waals surface area contributed by atoms with Crippen molar-refractivity contribution in [2.45, 2.75) is 12.8 Å². The minimum Gasteiger partial charge on any atom is -0.482 e. The number of carbonyl (C=O) groups excluding carboxylic acids is 1. The molecule has 0 radical (unpaired) electrons. The number of imidazole rings is 1. The largest absolute Gasteiger partial charge is 0.482 e. The molecule has 1 amide bonds. The monoisotopic (exact) mass is 293 g/mol. The number of nitrogens with one attached hydrogen (secondary N) is 2. The average molecular weight is 294 g/mol. The molecule has 20 heavy (non-hydrogen) atoms. The van der Waals surface area contributed by atoms with Gasteiger partial charge in [-0.15, -0.1) is 0 Å². The van der Waals surface area contributed by atoms with E-state index in [-0.39, 0.29) is 12.5 Å². The summed E-state index contributed by atoms with van der Waals surface area (Å²) >= 11 is 5.92. The van der Waals surface area contributed by atoms with E-state index in [4.69, 9.17) is 16.3 Å². The van der Waals surface area contributed by atoms with Crippen molar-refractivity contribution in [2.24, 2.45) is 0 Å². The summed E-state index contributed by atoms with van der Waals surface area (Å²) in [5.41, 5.74) is 0. The highest BCUT2D eigenvalue weighted by Gasteiger charge is 2.04. The number of halogens is 1. The summed E-state index contributed by atoms with van der Waals surface area (Å²) in [7, 11) is 0.